The second-order valence-electron chi connectivity index (χ2n) is 8.79. The van der Waals surface area contributed by atoms with Gasteiger partial charge in [-0.1, -0.05) is 119 Å². The van der Waals surface area contributed by atoms with Gasteiger partial charge in [0.2, 0.25) is 0 Å². The Hall–Kier alpha value is 0.163. The molecule has 0 amide bonds. The Labute approximate surface area is 226 Å². The molecular formula is C28H46Cl2Zr. The molecule has 0 spiro atoms. The summed E-state index contributed by atoms with van der Waals surface area (Å²) in [5.41, 5.74) is 9.94. The van der Waals surface area contributed by atoms with Crippen molar-refractivity contribution in [3.05, 3.63) is 57.6 Å². The number of rotatable bonds is 8. The quantitative estimate of drug-likeness (QED) is 0.449. The first kappa shape index (κ1) is 35.7. The summed E-state index contributed by atoms with van der Waals surface area (Å²) >= 11 is 0. The molecule has 0 nitrogen and oxygen atoms in total. The fourth-order valence-electron chi connectivity index (χ4n) is 5.13. The molecule has 0 aliphatic rings. The first-order valence-corrected chi connectivity index (χ1v) is 11.7. The van der Waals surface area contributed by atoms with E-state index in [1.807, 2.05) is 0 Å². The van der Waals surface area contributed by atoms with Crippen LogP contribution in [0.25, 0.3) is 0 Å². The summed E-state index contributed by atoms with van der Waals surface area (Å²) in [5, 5.41) is 0. The van der Waals surface area contributed by atoms with Crippen LogP contribution in [0.5, 0.6) is 0 Å². The molecule has 2 aromatic rings. The molecule has 0 fully saturated rings. The Balaban J connectivity index is -0.000000461. The SMILES string of the molecule is CCC(CC)(CC)c1cc[c-](C)c1C.CCC(CC)(CC)c1cc[c-](C)c1C.[Cl-].[Cl-].[Zr+4]. The first-order valence-electron chi connectivity index (χ1n) is 11.7. The molecule has 0 aliphatic heterocycles. The third-order valence-electron chi connectivity index (χ3n) is 8.19. The molecule has 0 bridgehead atoms. The van der Waals surface area contributed by atoms with Crippen molar-refractivity contribution in [3.8, 4) is 0 Å². The fourth-order valence-corrected chi connectivity index (χ4v) is 5.13. The molecule has 176 valence electrons. The maximum atomic E-state index is 2.33. The summed E-state index contributed by atoms with van der Waals surface area (Å²) in [6.07, 6.45) is 7.53. The molecule has 0 atom stereocenters. The summed E-state index contributed by atoms with van der Waals surface area (Å²) in [4.78, 5) is 0. The average molecular weight is 545 g/mol. The van der Waals surface area contributed by atoms with Gasteiger partial charge < -0.3 is 24.8 Å². The van der Waals surface area contributed by atoms with E-state index in [1.54, 1.807) is 11.1 Å². The van der Waals surface area contributed by atoms with Crippen molar-refractivity contribution >= 4 is 0 Å². The van der Waals surface area contributed by atoms with Gasteiger partial charge in [0.05, 0.1) is 0 Å². The normalized spacial score (nSPS) is 10.9. The molecule has 0 aliphatic carbocycles. The van der Waals surface area contributed by atoms with Crippen molar-refractivity contribution in [3.63, 3.8) is 0 Å². The van der Waals surface area contributed by atoms with Gasteiger partial charge in [-0.3, -0.25) is 0 Å². The van der Waals surface area contributed by atoms with Gasteiger partial charge in [-0.05, 0) is 0 Å². The monoisotopic (exact) mass is 542 g/mol. The molecule has 0 heterocycles. The predicted octanol–water partition coefficient (Wildman–Crippen LogP) is 2.99. The van der Waals surface area contributed by atoms with Gasteiger partial charge >= 0.3 is 26.2 Å². The molecule has 0 aromatic heterocycles. The Kier molecular flexibility index (Phi) is 18.3. The zero-order chi connectivity index (χ0) is 21.5. The van der Waals surface area contributed by atoms with Crippen molar-refractivity contribution < 1.29 is 51.0 Å². The molecule has 0 unspecified atom stereocenters. The van der Waals surface area contributed by atoms with E-state index in [9.17, 15) is 0 Å². The number of aryl methyl sites for hydroxylation is 2. The molecule has 0 N–H and O–H groups in total. The molecule has 2 rings (SSSR count). The number of hydrogen-bond donors (Lipinski definition) is 0. The van der Waals surface area contributed by atoms with Crippen LogP contribution in [0.3, 0.4) is 0 Å². The van der Waals surface area contributed by atoms with Gasteiger partial charge in [0, 0.05) is 0 Å². The summed E-state index contributed by atoms with van der Waals surface area (Å²) in [6.45, 7) is 22.8. The van der Waals surface area contributed by atoms with E-state index < -0.39 is 0 Å². The summed E-state index contributed by atoms with van der Waals surface area (Å²) in [5.74, 6) is 0. The maximum Gasteiger partial charge on any atom is 4.00 e. The van der Waals surface area contributed by atoms with Crippen LogP contribution in [0.1, 0.15) is 113 Å². The van der Waals surface area contributed by atoms with Crippen LogP contribution in [0.2, 0.25) is 0 Å². The minimum absolute atomic E-state index is 0. The van der Waals surface area contributed by atoms with Gasteiger partial charge in [-0.15, -0.1) is 0 Å². The molecular weight excluding hydrogens is 498 g/mol. The van der Waals surface area contributed by atoms with Gasteiger partial charge in [0.1, 0.15) is 0 Å². The van der Waals surface area contributed by atoms with Crippen LogP contribution in [0, 0.1) is 27.7 Å². The van der Waals surface area contributed by atoms with Gasteiger partial charge in [-0.2, -0.15) is 45.5 Å². The van der Waals surface area contributed by atoms with Gasteiger partial charge in [-0.25, -0.2) is 12.1 Å². The van der Waals surface area contributed by atoms with Crippen LogP contribution in [-0.4, -0.2) is 0 Å². The van der Waals surface area contributed by atoms with E-state index in [4.69, 9.17) is 0 Å². The topological polar surface area (TPSA) is 0 Å². The van der Waals surface area contributed by atoms with E-state index in [-0.39, 0.29) is 51.0 Å². The molecule has 0 radical (unpaired) electrons. The van der Waals surface area contributed by atoms with Crippen molar-refractivity contribution in [2.24, 2.45) is 0 Å². The molecule has 31 heavy (non-hydrogen) atoms. The van der Waals surface area contributed by atoms with Crippen LogP contribution >= 0.6 is 0 Å². The van der Waals surface area contributed by atoms with Crippen LogP contribution in [0.15, 0.2) is 24.3 Å². The standard InChI is InChI=1S/2C14H23.2ClH.Zr/c2*1-6-14(7-2,8-3)13-10-9-11(4)12(13)5;;;/h2*9-10H,6-8H2,1-5H3;2*1H;/q2*-1;;;+4/p-2. The van der Waals surface area contributed by atoms with E-state index in [1.165, 1.54) is 60.8 Å². The van der Waals surface area contributed by atoms with Crippen LogP contribution in [0.4, 0.5) is 0 Å². The van der Waals surface area contributed by atoms with E-state index >= 15 is 0 Å². The largest absolute Gasteiger partial charge is 4.00 e. The molecule has 0 saturated heterocycles. The number of hydrogen-bond acceptors (Lipinski definition) is 0. The fraction of sp³-hybridized carbons (Fsp3) is 0.643. The molecule has 3 heteroatoms. The van der Waals surface area contributed by atoms with Crippen molar-refractivity contribution in [1.82, 2.24) is 0 Å². The van der Waals surface area contributed by atoms with E-state index in [0.29, 0.717) is 10.8 Å². The smallest absolute Gasteiger partial charge is 1.00 e. The second kappa shape index (κ2) is 15.9. The van der Waals surface area contributed by atoms with Crippen LogP contribution < -0.4 is 24.8 Å². The molecule has 2 aromatic carbocycles. The zero-order valence-electron chi connectivity index (χ0n) is 21.8. The Bertz CT molecular complexity index is 637. The van der Waals surface area contributed by atoms with E-state index in [2.05, 4.69) is 93.5 Å². The second-order valence-corrected chi connectivity index (χ2v) is 8.79. The Morgan fingerprint density at radius 2 is 0.806 bits per heavy atom. The third-order valence-corrected chi connectivity index (χ3v) is 8.19. The van der Waals surface area contributed by atoms with Crippen LogP contribution in [-0.2, 0) is 37.0 Å². The summed E-state index contributed by atoms with van der Waals surface area (Å²) in [6, 6.07) is 9.20. The summed E-state index contributed by atoms with van der Waals surface area (Å²) < 4.78 is 0. The number of halogens is 2. The van der Waals surface area contributed by atoms with Gasteiger partial charge in [0.15, 0.2) is 0 Å². The van der Waals surface area contributed by atoms with Gasteiger partial charge in [0.25, 0.3) is 0 Å². The third kappa shape index (κ3) is 7.58. The minimum atomic E-state index is 0. The predicted molar refractivity (Wildman–Crippen MR) is 128 cm³/mol. The van der Waals surface area contributed by atoms with E-state index in [0.717, 1.165) is 0 Å². The maximum absolute atomic E-state index is 2.33. The Morgan fingerprint density at radius 3 is 0.935 bits per heavy atom. The molecule has 0 saturated carbocycles. The average Bonchev–Trinajstić information content (AvgIpc) is 3.24. The van der Waals surface area contributed by atoms with Crippen molar-refractivity contribution in [2.45, 2.75) is 119 Å². The first-order chi connectivity index (χ1) is 13.2. The van der Waals surface area contributed by atoms with Crippen molar-refractivity contribution in [1.29, 1.82) is 0 Å². The Morgan fingerprint density at radius 1 is 0.581 bits per heavy atom. The van der Waals surface area contributed by atoms with Crippen molar-refractivity contribution in [2.75, 3.05) is 0 Å². The minimum Gasteiger partial charge on any atom is -1.00 e. The summed E-state index contributed by atoms with van der Waals surface area (Å²) in [7, 11) is 0. The zero-order valence-corrected chi connectivity index (χ0v) is 25.8.